The first kappa shape index (κ1) is 13.5. The van der Waals surface area contributed by atoms with Crippen molar-refractivity contribution >= 4 is 39.1 Å². The lowest BCUT2D eigenvalue weighted by molar-refractivity contribution is -0.190. The lowest BCUT2D eigenvalue weighted by atomic mass is 9.84. The predicted molar refractivity (Wildman–Crippen MR) is 69.4 cm³/mol. The lowest BCUT2D eigenvalue weighted by Crippen LogP contribution is -2.59. The van der Waals surface area contributed by atoms with Gasteiger partial charge in [0.2, 0.25) is 5.91 Å². The highest BCUT2D eigenvalue weighted by molar-refractivity contribution is 9.11. The van der Waals surface area contributed by atoms with Gasteiger partial charge in [-0.15, -0.1) is 11.3 Å². The molecule has 1 aromatic rings. The minimum absolute atomic E-state index is 0.0420. The number of ether oxygens (including phenoxy) is 1. The van der Waals surface area contributed by atoms with Crippen molar-refractivity contribution in [2.24, 2.45) is 5.41 Å². The van der Waals surface area contributed by atoms with Gasteiger partial charge < -0.3 is 14.7 Å². The molecule has 0 saturated carbocycles. The topological polar surface area (TPSA) is 66.8 Å². The molecule has 1 aliphatic heterocycles. The Morgan fingerprint density at radius 2 is 2.22 bits per heavy atom. The Bertz CT molecular complexity index is 483. The molecule has 5 nitrogen and oxygen atoms in total. The molecule has 1 aliphatic rings. The first-order chi connectivity index (χ1) is 8.45. The largest absolute Gasteiger partial charge is 0.480 e. The van der Waals surface area contributed by atoms with Crippen LogP contribution in [0.15, 0.2) is 15.9 Å². The first-order valence-corrected chi connectivity index (χ1v) is 6.87. The highest BCUT2D eigenvalue weighted by atomic mass is 79.9. The monoisotopic (exact) mass is 333 g/mol. The van der Waals surface area contributed by atoms with Crippen LogP contribution in [-0.4, -0.2) is 42.1 Å². The third-order valence-electron chi connectivity index (χ3n) is 2.88. The van der Waals surface area contributed by atoms with E-state index in [2.05, 4.69) is 15.9 Å². The van der Waals surface area contributed by atoms with E-state index in [1.807, 2.05) is 12.1 Å². The number of carbonyl (C=O) groups is 2. The quantitative estimate of drug-likeness (QED) is 0.849. The van der Waals surface area contributed by atoms with Gasteiger partial charge in [0.15, 0.2) is 5.41 Å². The number of hydrogen-bond donors (Lipinski definition) is 1. The third-order valence-corrected chi connectivity index (χ3v) is 4.49. The molecule has 1 amide bonds. The van der Waals surface area contributed by atoms with Crippen molar-refractivity contribution in [2.75, 3.05) is 20.3 Å². The molecule has 1 saturated heterocycles. The van der Waals surface area contributed by atoms with E-state index in [1.54, 1.807) is 7.05 Å². The maximum atomic E-state index is 12.2. The van der Waals surface area contributed by atoms with E-state index in [4.69, 9.17) is 9.84 Å². The van der Waals surface area contributed by atoms with Crippen LogP contribution < -0.4 is 0 Å². The number of carboxylic acids is 1. The van der Waals surface area contributed by atoms with E-state index in [-0.39, 0.29) is 13.2 Å². The summed E-state index contributed by atoms with van der Waals surface area (Å²) in [5.41, 5.74) is -1.39. The summed E-state index contributed by atoms with van der Waals surface area (Å²) in [5.74, 6) is -1.51. The Morgan fingerprint density at radius 1 is 1.56 bits per heavy atom. The predicted octanol–water partition coefficient (Wildman–Crippen LogP) is 1.57. The number of amides is 1. The summed E-state index contributed by atoms with van der Waals surface area (Å²) in [6.45, 7) is 0.323. The summed E-state index contributed by atoms with van der Waals surface area (Å²) in [6.07, 6.45) is 0. The fourth-order valence-corrected chi connectivity index (χ4v) is 3.29. The van der Waals surface area contributed by atoms with Crippen molar-refractivity contribution in [2.45, 2.75) is 6.54 Å². The zero-order chi connectivity index (χ0) is 13.3. The third kappa shape index (κ3) is 2.30. The van der Waals surface area contributed by atoms with Crippen molar-refractivity contribution < 1.29 is 19.4 Å². The maximum absolute atomic E-state index is 12.2. The normalized spacial score (nSPS) is 17.0. The smallest absolute Gasteiger partial charge is 0.324 e. The van der Waals surface area contributed by atoms with Crippen LogP contribution in [0.1, 0.15) is 4.88 Å². The molecule has 1 fully saturated rings. The molecular weight excluding hydrogens is 322 g/mol. The number of hydrogen-bond acceptors (Lipinski definition) is 4. The number of aliphatic carboxylic acids is 1. The molecule has 0 unspecified atom stereocenters. The molecule has 2 rings (SSSR count). The molecule has 0 aromatic carbocycles. The van der Waals surface area contributed by atoms with Gasteiger partial charge in [0.05, 0.1) is 23.5 Å². The summed E-state index contributed by atoms with van der Waals surface area (Å²) in [6, 6.07) is 3.81. The molecule has 0 bridgehead atoms. The second-order valence-corrected chi connectivity index (χ2v) is 6.79. The standard InChI is InChI=1S/C11H12BrNO4S/c1-13(4-7-2-3-8(12)18-7)9(14)11(10(15)16)5-17-6-11/h2-3H,4-6H2,1H3,(H,15,16). The molecule has 0 atom stereocenters. The zero-order valence-electron chi connectivity index (χ0n) is 9.68. The Morgan fingerprint density at radius 3 is 2.61 bits per heavy atom. The highest BCUT2D eigenvalue weighted by Gasteiger charge is 2.54. The van der Waals surface area contributed by atoms with Crippen LogP contribution in [0.5, 0.6) is 0 Å². The molecule has 98 valence electrons. The SMILES string of the molecule is CN(Cc1ccc(Br)s1)C(=O)C1(C(=O)O)COC1. The van der Waals surface area contributed by atoms with E-state index in [0.29, 0.717) is 6.54 Å². The van der Waals surface area contributed by atoms with Gasteiger partial charge in [0, 0.05) is 11.9 Å². The molecule has 1 N–H and O–H groups in total. The molecule has 7 heteroatoms. The highest BCUT2D eigenvalue weighted by Crippen LogP contribution is 2.31. The number of rotatable bonds is 4. The van der Waals surface area contributed by atoms with Gasteiger partial charge in [0.25, 0.3) is 0 Å². The fourth-order valence-electron chi connectivity index (χ4n) is 1.75. The van der Waals surface area contributed by atoms with Crippen molar-refractivity contribution in [1.82, 2.24) is 4.90 Å². The summed E-state index contributed by atoms with van der Waals surface area (Å²) >= 11 is 4.87. The van der Waals surface area contributed by atoms with Crippen LogP contribution in [0, 0.1) is 5.41 Å². The van der Waals surface area contributed by atoms with E-state index >= 15 is 0 Å². The number of carbonyl (C=O) groups excluding carboxylic acids is 1. The molecule has 0 spiro atoms. The van der Waals surface area contributed by atoms with E-state index in [0.717, 1.165) is 8.66 Å². The number of halogens is 1. The van der Waals surface area contributed by atoms with Gasteiger partial charge in [-0.2, -0.15) is 0 Å². The fraction of sp³-hybridized carbons (Fsp3) is 0.455. The van der Waals surface area contributed by atoms with Crippen LogP contribution in [0.2, 0.25) is 0 Å². The van der Waals surface area contributed by atoms with Gasteiger partial charge in [-0.05, 0) is 28.1 Å². The van der Waals surface area contributed by atoms with Crippen molar-refractivity contribution in [1.29, 1.82) is 0 Å². The van der Waals surface area contributed by atoms with Crippen molar-refractivity contribution in [3.8, 4) is 0 Å². The Kier molecular flexibility index (Phi) is 3.74. The number of thiophene rings is 1. The Balaban J connectivity index is 2.07. The van der Waals surface area contributed by atoms with Crippen molar-refractivity contribution in [3.63, 3.8) is 0 Å². The van der Waals surface area contributed by atoms with Gasteiger partial charge in [-0.25, -0.2) is 0 Å². The van der Waals surface area contributed by atoms with E-state index < -0.39 is 17.3 Å². The average molecular weight is 334 g/mol. The second-order valence-electron chi connectivity index (χ2n) is 4.25. The number of nitrogens with zero attached hydrogens (tertiary/aromatic N) is 1. The van der Waals surface area contributed by atoms with Gasteiger partial charge in [-0.3, -0.25) is 9.59 Å². The minimum atomic E-state index is -1.39. The molecule has 18 heavy (non-hydrogen) atoms. The van der Waals surface area contributed by atoms with Crippen LogP contribution in [0.25, 0.3) is 0 Å². The number of carboxylic acid groups (broad SMARTS) is 1. The van der Waals surface area contributed by atoms with Crippen LogP contribution in [-0.2, 0) is 20.9 Å². The molecular formula is C11H12BrNO4S. The lowest BCUT2D eigenvalue weighted by Gasteiger charge is -2.38. The van der Waals surface area contributed by atoms with Gasteiger partial charge in [0.1, 0.15) is 0 Å². The molecule has 2 heterocycles. The minimum Gasteiger partial charge on any atom is -0.480 e. The van der Waals surface area contributed by atoms with Gasteiger partial charge >= 0.3 is 5.97 Å². The molecule has 0 aliphatic carbocycles. The summed E-state index contributed by atoms with van der Waals surface area (Å²) in [7, 11) is 1.61. The summed E-state index contributed by atoms with van der Waals surface area (Å²) in [4.78, 5) is 25.8. The summed E-state index contributed by atoms with van der Waals surface area (Å²) in [5, 5.41) is 9.14. The van der Waals surface area contributed by atoms with E-state index in [1.165, 1.54) is 16.2 Å². The average Bonchev–Trinajstić information content (AvgIpc) is 2.61. The van der Waals surface area contributed by atoms with Crippen LogP contribution in [0.4, 0.5) is 0 Å². The molecule has 0 radical (unpaired) electrons. The van der Waals surface area contributed by atoms with Crippen molar-refractivity contribution in [3.05, 3.63) is 20.8 Å². The van der Waals surface area contributed by atoms with Gasteiger partial charge in [-0.1, -0.05) is 0 Å². The van der Waals surface area contributed by atoms with E-state index in [9.17, 15) is 9.59 Å². The zero-order valence-corrected chi connectivity index (χ0v) is 12.1. The van der Waals surface area contributed by atoms with Crippen LogP contribution in [0.3, 0.4) is 0 Å². The second kappa shape index (κ2) is 4.99. The first-order valence-electron chi connectivity index (χ1n) is 5.26. The maximum Gasteiger partial charge on any atom is 0.324 e. The summed E-state index contributed by atoms with van der Waals surface area (Å²) < 4.78 is 5.88. The van der Waals surface area contributed by atoms with Crippen LogP contribution >= 0.6 is 27.3 Å². The Labute approximate surface area is 116 Å². The molecule has 1 aromatic heterocycles. The Hall–Kier alpha value is -0.920.